The standard InChI is InChI=1S/C16H20Cl3N2O2S/c1-10(7-8-17)16(11(2)18)24(22,23)21-14-6-5-13(19)12-4-3-9-20-15(12)14/h3-6,9-11,16,21-22H,7-8H2,1-2H3/q+1. The number of nitrogens with one attached hydrogen (secondary N) is 1. The van der Waals surface area contributed by atoms with Crippen LogP contribution in [-0.4, -0.2) is 26.0 Å². The average Bonchev–Trinajstić information content (AvgIpc) is 2.50. The van der Waals surface area contributed by atoms with Gasteiger partial charge in [-0.3, -0.25) is 0 Å². The Hall–Kier alpha value is -0.430. The van der Waals surface area contributed by atoms with Crippen molar-refractivity contribution < 1.29 is 8.60 Å². The molecule has 0 saturated carbocycles. The molecular weight excluding hydrogens is 391 g/mol. The molecule has 24 heavy (non-hydrogen) atoms. The molecular formula is C16H20Cl3N2O2S+. The molecule has 0 amide bonds. The predicted octanol–water partition coefficient (Wildman–Crippen LogP) is 6.10. The van der Waals surface area contributed by atoms with Crippen LogP contribution in [0.25, 0.3) is 10.9 Å². The number of alkyl halides is 2. The van der Waals surface area contributed by atoms with Crippen LogP contribution in [0.5, 0.6) is 0 Å². The molecule has 0 saturated heterocycles. The minimum absolute atomic E-state index is 0.119. The zero-order chi connectivity index (χ0) is 17.9. The summed E-state index contributed by atoms with van der Waals surface area (Å²) in [7, 11) is -3.47. The zero-order valence-electron chi connectivity index (χ0n) is 13.4. The third kappa shape index (κ3) is 4.40. The quantitative estimate of drug-likeness (QED) is 0.462. The molecule has 0 radical (unpaired) electrons. The van der Waals surface area contributed by atoms with Crippen molar-refractivity contribution in [1.82, 2.24) is 4.98 Å². The fourth-order valence-electron chi connectivity index (χ4n) is 2.80. The van der Waals surface area contributed by atoms with E-state index in [1.165, 1.54) is 0 Å². The van der Waals surface area contributed by atoms with E-state index >= 15 is 0 Å². The van der Waals surface area contributed by atoms with Crippen molar-refractivity contribution in [1.29, 1.82) is 0 Å². The number of anilines is 1. The van der Waals surface area contributed by atoms with Gasteiger partial charge in [-0.2, -0.15) is 0 Å². The number of pyridine rings is 1. The number of fused-ring (bicyclic) bond motifs is 1. The van der Waals surface area contributed by atoms with Crippen molar-refractivity contribution in [2.75, 3.05) is 10.6 Å². The molecule has 2 N–H and O–H groups in total. The van der Waals surface area contributed by atoms with Crippen molar-refractivity contribution in [3.8, 4) is 0 Å². The van der Waals surface area contributed by atoms with Crippen molar-refractivity contribution >= 4 is 61.6 Å². The van der Waals surface area contributed by atoms with E-state index in [1.54, 1.807) is 31.3 Å². The van der Waals surface area contributed by atoms with Gasteiger partial charge in [-0.25, -0.2) is 0 Å². The van der Waals surface area contributed by atoms with E-state index in [9.17, 15) is 8.60 Å². The molecule has 1 heterocycles. The first-order valence-corrected chi connectivity index (χ1v) is 10.5. The molecule has 0 spiro atoms. The van der Waals surface area contributed by atoms with Crippen LogP contribution < -0.4 is 4.72 Å². The molecule has 8 heteroatoms. The summed E-state index contributed by atoms with van der Waals surface area (Å²) in [5.41, 5.74) is 0.987. The number of aromatic nitrogens is 1. The summed E-state index contributed by atoms with van der Waals surface area (Å²) in [6.07, 6.45) is 2.21. The summed E-state index contributed by atoms with van der Waals surface area (Å²) in [5, 5.41) is 0.0848. The summed E-state index contributed by atoms with van der Waals surface area (Å²) in [5.74, 6) is 0.286. The summed E-state index contributed by atoms with van der Waals surface area (Å²) in [6.45, 7) is 3.59. The molecule has 4 nitrogen and oxygen atoms in total. The monoisotopic (exact) mass is 409 g/mol. The predicted molar refractivity (Wildman–Crippen MR) is 105 cm³/mol. The van der Waals surface area contributed by atoms with Gasteiger partial charge in [0.1, 0.15) is 0 Å². The third-order valence-electron chi connectivity index (χ3n) is 3.92. The Labute approximate surface area is 158 Å². The first kappa shape index (κ1) is 19.9. The van der Waals surface area contributed by atoms with Crippen LogP contribution >= 0.6 is 45.0 Å². The van der Waals surface area contributed by atoms with Crippen molar-refractivity contribution in [3.05, 3.63) is 35.5 Å². The van der Waals surface area contributed by atoms with Crippen molar-refractivity contribution in [3.63, 3.8) is 0 Å². The molecule has 2 rings (SSSR count). The second-order valence-electron chi connectivity index (χ2n) is 5.76. The molecule has 1 aromatic heterocycles. The number of benzene rings is 1. The Balaban J connectivity index is 2.42. The van der Waals surface area contributed by atoms with Gasteiger partial charge in [-0.1, -0.05) is 0 Å². The summed E-state index contributed by atoms with van der Waals surface area (Å²) in [4.78, 5) is 4.27. The van der Waals surface area contributed by atoms with Crippen LogP contribution in [-0.2, 0) is 4.04 Å². The Morgan fingerprint density at radius 1 is 1.33 bits per heavy atom. The van der Waals surface area contributed by atoms with E-state index in [0.717, 1.165) is 0 Å². The normalized spacial score (nSPS) is 17.9. The minimum atomic E-state index is -3.47. The topological polar surface area (TPSA) is 65.0 Å². The Morgan fingerprint density at radius 2 is 2.04 bits per heavy atom. The van der Waals surface area contributed by atoms with E-state index in [4.69, 9.17) is 34.8 Å². The molecule has 0 aliphatic heterocycles. The van der Waals surface area contributed by atoms with E-state index in [-0.39, 0.29) is 5.92 Å². The van der Waals surface area contributed by atoms with Crippen LogP contribution in [0.4, 0.5) is 5.69 Å². The second-order valence-corrected chi connectivity index (χ2v) is 9.12. The van der Waals surface area contributed by atoms with Crippen molar-refractivity contribution in [2.45, 2.75) is 30.9 Å². The van der Waals surface area contributed by atoms with E-state index in [1.807, 2.05) is 13.0 Å². The van der Waals surface area contributed by atoms with Crippen LogP contribution in [0.3, 0.4) is 0 Å². The van der Waals surface area contributed by atoms with Gasteiger partial charge in [0.05, 0.1) is 0 Å². The van der Waals surface area contributed by atoms with Gasteiger partial charge in [-0.15, -0.1) is 0 Å². The maximum atomic E-state index is 13.0. The van der Waals surface area contributed by atoms with Gasteiger partial charge in [0.15, 0.2) is 0 Å². The maximum absolute atomic E-state index is 13.0. The molecule has 132 valence electrons. The van der Waals surface area contributed by atoms with Crippen LogP contribution in [0, 0.1) is 5.92 Å². The van der Waals surface area contributed by atoms with Gasteiger partial charge < -0.3 is 0 Å². The van der Waals surface area contributed by atoms with Gasteiger partial charge in [0.25, 0.3) is 0 Å². The summed E-state index contributed by atoms with van der Waals surface area (Å²) >= 11 is 18.2. The number of hydrogen-bond donors (Lipinski definition) is 2. The first-order valence-electron chi connectivity index (χ1n) is 7.54. The van der Waals surface area contributed by atoms with Crippen LogP contribution in [0.2, 0.25) is 5.02 Å². The van der Waals surface area contributed by atoms with Gasteiger partial charge in [0, 0.05) is 0 Å². The molecule has 0 aliphatic carbocycles. The van der Waals surface area contributed by atoms with Crippen molar-refractivity contribution in [2.24, 2.45) is 5.92 Å². The summed E-state index contributed by atoms with van der Waals surface area (Å²) in [6, 6.07) is 6.90. The third-order valence-corrected chi connectivity index (χ3v) is 7.01. The van der Waals surface area contributed by atoms with Gasteiger partial charge >= 0.3 is 158 Å². The summed E-state index contributed by atoms with van der Waals surface area (Å²) < 4.78 is 26.4. The number of rotatable bonds is 5. The molecule has 2 aromatic rings. The van der Waals surface area contributed by atoms with Crippen LogP contribution in [0.1, 0.15) is 20.3 Å². The molecule has 4 atom stereocenters. The Bertz CT molecular complexity index is 819. The van der Waals surface area contributed by atoms with E-state index in [2.05, 4.69) is 9.71 Å². The average molecular weight is 411 g/mol. The zero-order valence-corrected chi connectivity index (χ0v) is 16.5. The molecule has 0 aliphatic rings. The second kappa shape index (κ2) is 8.30. The van der Waals surface area contributed by atoms with E-state index < -0.39 is 20.9 Å². The van der Waals surface area contributed by atoms with E-state index in [0.29, 0.717) is 33.9 Å². The number of halogens is 3. The van der Waals surface area contributed by atoms with Crippen LogP contribution in [0.15, 0.2) is 30.5 Å². The fourth-order valence-corrected chi connectivity index (χ4v) is 5.92. The first-order chi connectivity index (χ1) is 11.3. The number of nitrogens with zero attached hydrogens (tertiary/aromatic N) is 1. The SMILES string of the molecule is CC(Cl)C(C(C)CCCl)S(#[O+])(O)Nc1ccc(Cl)c2cccnc12. The fraction of sp³-hybridized carbons (Fsp3) is 0.438. The molecule has 0 bridgehead atoms. The van der Waals surface area contributed by atoms with Gasteiger partial charge in [0.2, 0.25) is 0 Å². The Morgan fingerprint density at radius 3 is 2.67 bits per heavy atom. The number of hydrogen-bond acceptors (Lipinski definition) is 3. The molecule has 0 fully saturated rings. The molecule has 1 aromatic carbocycles. The molecule has 4 unspecified atom stereocenters. The van der Waals surface area contributed by atoms with Gasteiger partial charge in [-0.05, 0) is 0 Å². The Kier molecular flexibility index (Phi) is 6.88.